The van der Waals surface area contributed by atoms with E-state index < -0.39 is 5.91 Å². The number of primary amides is 1. The van der Waals surface area contributed by atoms with Crippen molar-refractivity contribution in [2.75, 3.05) is 0 Å². The van der Waals surface area contributed by atoms with Crippen LogP contribution in [0.1, 0.15) is 9.80 Å². The fourth-order valence-corrected chi connectivity index (χ4v) is 1.80. The minimum Gasteiger partial charge on any atom is -0.364 e. The molecule has 3 nitrogen and oxygen atoms in total. The van der Waals surface area contributed by atoms with Crippen molar-refractivity contribution in [2.24, 2.45) is 5.73 Å². The first-order valence-electron chi connectivity index (χ1n) is 3.43. The Hall–Kier alpha value is -1.13. The number of fused-ring (bicyclic) bond motifs is 1. The third kappa shape index (κ3) is 1.79. The molecule has 0 saturated heterocycles. The van der Waals surface area contributed by atoms with Gasteiger partial charge in [-0.1, -0.05) is 12.1 Å². The summed E-state index contributed by atoms with van der Waals surface area (Å²) in [5.41, 5.74) is 5.92. The van der Waals surface area contributed by atoms with E-state index in [9.17, 15) is 4.79 Å². The van der Waals surface area contributed by atoms with Gasteiger partial charge in [0.2, 0.25) is 0 Å². The van der Waals surface area contributed by atoms with Gasteiger partial charge < -0.3 is 5.73 Å². The summed E-state index contributed by atoms with van der Waals surface area (Å²) in [7, 11) is 0. The fourth-order valence-electron chi connectivity index (χ4n) is 0.978. The van der Waals surface area contributed by atoms with Gasteiger partial charge in [0, 0.05) is 0 Å². The van der Waals surface area contributed by atoms with Gasteiger partial charge in [-0.25, -0.2) is 4.98 Å². The summed E-state index contributed by atoms with van der Waals surface area (Å²) in [4.78, 5) is 14.8. The second-order valence-corrected chi connectivity index (χ2v) is 3.38. The highest BCUT2D eigenvalue weighted by molar-refractivity contribution is 7.20. The van der Waals surface area contributed by atoms with Gasteiger partial charge in [-0.15, -0.1) is 23.7 Å². The van der Waals surface area contributed by atoms with Crippen LogP contribution in [-0.2, 0) is 0 Å². The lowest BCUT2D eigenvalue weighted by atomic mass is 10.3. The highest BCUT2D eigenvalue weighted by atomic mass is 35.5. The predicted octanol–water partition coefficient (Wildman–Crippen LogP) is 1.82. The number of aromatic nitrogens is 1. The Bertz CT molecular complexity index is 407. The van der Waals surface area contributed by atoms with Gasteiger partial charge in [0.25, 0.3) is 5.91 Å². The molecule has 0 spiro atoms. The first-order chi connectivity index (χ1) is 5.77. The Morgan fingerprint density at radius 1 is 1.38 bits per heavy atom. The van der Waals surface area contributed by atoms with Crippen LogP contribution in [0.15, 0.2) is 24.3 Å². The molecule has 1 aromatic heterocycles. The van der Waals surface area contributed by atoms with E-state index in [-0.39, 0.29) is 12.4 Å². The van der Waals surface area contributed by atoms with Gasteiger partial charge in [-0.05, 0) is 12.1 Å². The molecule has 0 aliphatic rings. The number of nitrogens with two attached hydrogens (primary N) is 1. The number of halogens is 1. The Kier molecular flexibility index (Phi) is 2.85. The van der Waals surface area contributed by atoms with Crippen LogP contribution in [0, 0.1) is 0 Å². The third-order valence-corrected chi connectivity index (χ3v) is 2.56. The molecule has 2 N–H and O–H groups in total. The molecule has 1 amide bonds. The highest BCUT2D eigenvalue weighted by Crippen LogP contribution is 2.20. The Balaban J connectivity index is 0.000000845. The van der Waals surface area contributed by atoms with Crippen molar-refractivity contribution >= 4 is 39.9 Å². The number of hydrogen-bond donors (Lipinski definition) is 1. The van der Waals surface area contributed by atoms with Crippen LogP contribution < -0.4 is 5.73 Å². The average molecular weight is 215 g/mol. The maximum atomic E-state index is 10.7. The molecule has 0 unspecified atom stereocenters. The molecule has 0 radical (unpaired) electrons. The number of hydrogen-bond acceptors (Lipinski definition) is 3. The number of rotatable bonds is 1. The summed E-state index contributed by atoms with van der Waals surface area (Å²) in [6.45, 7) is 0. The van der Waals surface area contributed by atoms with Crippen LogP contribution in [0.2, 0.25) is 0 Å². The maximum Gasteiger partial charge on any atom is 0.277 e. The molecule has 5 heteroatoms. The molecule has 68 valence electrons. The van der Waals surface area contributed by atoms with Crippen molar-refractivity contribution in [3.63, 3.8) is 0 Å². The lowest BCUT2D eigenvalue weighted by Crippen LogP contribution is -2.09. The zero-order valence-corrected chi connectivity index (χ0v) is 8.19. The average Bonchev–Trinajstić information content (AvgIpc) is 2.46. The summed E-state index contributed by atoms with van der Waals surface area (Å²) in [6, 6.07) is 7.57. The summed E-state index contributed by atoms with van der Waals surface area (Å²) >= 11 is 1.32. The maximum absolute atomic E-state index is 10.7. The molecule has 2 aromatic rings. The molecular weight excluding hydrogens is 208 g/mol. The van der Waals surface area contributed by atoms with E-state index in [0.29, 0.717) is 5.01 Å². The fraction of sp³-hybridized carbons (Fsp3) is 0. The molecule has 1 aromatic carbocycles. The van der Waals surface area contributed by atoms with Gasteiger partial charge in [0.1, 0.15) is 0 Å². The molecule has 0 aliphatic heterocycles. The van der Waals surface area contributed by atoms with Crippen LogP contribution in [0.5, 0.6) is 0 Å². The molecule has 1 heterocycles. The number of thiazole rings is 1. The van der Waals surface area contributed by atoms with Crippen molar-refractivity contribution < 1.29 is 4.79 Å². The standard InChI is InChI=1S/C8H6N2OS.ClH/c9-7(11)8-10-5-3-1-2-4-6(5)12-8;/h1-4H,(H2,9,11);1H. The smallest absolute Gasteiger partial charge is 0.277 e. The van der Waals surface area contributed by atoms with Crippen LogP contribution in [0.25, 0.3) is 10.2 Å². The van der Waals surface area contributed by atoms with E-state index in [1.807, 2.05) is 24.3 Å². The van der Waals surface area contributed by atoms with Gasteiger partial charge in [-0.3, -0.25) is 4.79 Å². The number of carbonyl (C=O) groups excluding carboxylic acids is 1. The largest absolute Gasteiger partial charge is 0.364 e. The van der Waals surface area contributed by atoms with E-state index in [1.54, 1.807) is 0 Å². The lowest BCUT2D eigenvalue weighted by molar-refractivity contribution is 0.1000. The second-order valence-electron chi connectivity index (χ2n) is 2.35. The minimum atomic E-state index is -0.462. The van der Waals surface area contributed by atoms with Crippen LogP contribution in [-0.4, -0.2) is 10.9 Å². The molecular formula is C8H7ClN2OS. The molecule has 0 saturated carbocycles. The third-order valence-electron chi connectivity index (χ3n) is 1.50. The summed E-state index contributed by atoms with van der Waals surface area (Å²) in [6.07, 6.45) is 0. The molecule has 0 bridgehead atoms. The second kappa shape index (κ2) is 3.72. The van der Waals surface area contributed by atoms with Gasteiger partial charge in [-0.2, -0.15) is 0 Å². The first-order valence-corrected chi connectivity index (χ1v) is 4.24. The minimum absolute atomic E-state index is 0. The molecule has 0 aliphatic carbocycles. The lowest BCUT2D eigenvalue weighted by Gasteiger charge is -1.80. The van der Waals surface area contributed by atoms with Crippen molar-refractivity contribution in [1.82, 2.24) is 4.98 Å². The van der Waals surface area contributed by atoms with Crippen molar-refractivity contribution in [1.29, 1.82) is 0 Å². The molecule has 0 atom stereocenters. The number of amides is 1. The van der Waals surface area contributed by atoms with Crippen LogP contribution in [0.3, 0.4) is 0 Å². The van der Waals surface area contributed by atoms with E-state index >= 15 is 0 Å². The van der Waals surface area contributed by atoms with Gasteiger partial charge >= 0.3 is 0 Å². The Morgan fingerprint density at radius 3 is 2.69 bits per heavy atom. The number of benzene rings is 1. The zero-order valence-electron chi connectivity index (χ0n) is 6.56. The monoisotopic (exact) mass is 214 g/mol. The number of carbonyl (C=O) groups is 1. The van der Waals surface area contributed by atoms with E-state index in [2.05, 4.69) is 4.98 Å². The summed E-state index contributed by atoms with van der Waals surface area (Å²) in [5, 5.41) is 0.371. The topological polar surface area (TPSA) is 56.0 Å². The Labute approximate surface area is 85.0 Å². The first kappa shape index (κ1) is 9.95. The highest BCUT2D eigenvalue weighted by Gasteiger charge is 2.06. The van der Waals surface area contributed by atoms with E-state index in [0.717, 1.165) is 10.2 Å². The van der Waals surface area contributed by atoms with Crippen LogP contribution >= 0.6 is 23.7 Å². The SMILES string of the molecule is Cl.NC(=O)c1nc2ccccc2s1. The number of para-hydroxylation sites is 1. The van der Waals surface area contributed by atoms with Crippen molar-refractivity contribution in [3.05, 3.63) is 29.3 Å². The molecule has 2 rings (SSSR count). The Morgan fingerprint density at radius 2 is 2.08 bits per heavy atom. The zero-order chi connectivity index (χ0) is 8.55. The van der Waals surface area contributed by atoms with Gasteiger partial charge in [0.05, 0.1) is 10.2 Å². The van der Waals surface area contributed by atoms with E-state index in [4.69, 9.17) is 5.73 Å². The molecule has 0 fully saturated rings. The molecule has 13 heavy (non-hydrogen) atoms. The summed E-state index contributed by atoms with van der Waals surface area (Å²) in [5.74, 6) is -0.462. The van der Waals surface area contributed by atoms with Crippen molar-refractivity contribution in [3.8, 4) is 0 Å². The van der Waals surface area contributed by atoms with E-state index in [1.165, 1.54) is 11.3 Å². The van der Waals surface area contributed by atoms with Crippen molar-refractivity contribution in [2.45, 2.75) is 0 Å². The van der Waals surface area contributed by atoms with Crippen LogP contribution in [0.4, 0.5) is 0 Å². The predicted molar refractivity (Wildman–Crippen MR) is 55.4 cm³/mol. The normalized spacial score (nSPS) is 9.54. The number of nitrogens with zero attached hydrogens (tertiary/aromatic N) is 1. The van der Waals surface area contributed by atoms with Gasteiger partial charge in [0.15, 0.2) is 5.01 Å². The summed E-state index contributed by atoms with van der Waals surface area (Å²) < 4.78 is 0.992. The quantitative estimate of drug-likeness (QED) is 0.787.